The quantitative estimate of drug-likeness (QED) is 0.801. The first kappa shape index (κ1) is 18.8. The molecule has 1 aliphatic heterocycles. The van der Waals surface area contributed by atoms with Crippen molar-refractivity contribution in [3.63, 3.8) is 0 Å². The third-order valence-corrected chi connectivity index (χ3v) is 5.27. The maximum absolute atomic E-state index is 14.0. The van der Waals surface area contributed by atoms with E-state index in [1.807, 2.05) is 0 Å². The van der Waals surface area contributed by atoms with E-state index in [2.05, 4.69) is 47.8 Å². The molecule has 3 rings (SSSR count). The zero-order chi connectivity index (χ0) is 18.7. The van der Waals surface area contributed by atoms with Crippen LogP contribution in [0.4, 0.5) is 4.39 Å². The largest absolute Gasteiger partial charge is 0.479 e. The number of pyridine rings is 2. The Morgan fingerprint density at radius 2 is 2.00 bits per heavy atom. The summed E-state index contributed by atoms with van der Waals surface area (Å²) in [5, 5.41) is 0. The van der Waals surface area contributed by atoms with Gasteiger partial charge >= 0.3 is 0 Å². The number of nitrogens with zero attached hydrogens (tertiary/aromatic N) is 3. The van der Waals surface area contributed by atoms with Crippen LogP contribution in [0.1, 0.15) is 48.3 Å². The van der Waals surface area contributed by atoms with E-state index >= 15 is 0 Å². The first-order chi connectivity index (χ1) is 12.5. The van der Waals surface area contributed by atoms with Crippen molar-refractivity contribution in [3.8, 4) is 5.88 Å². The molecule has 2 atom stereocenters. The van der Waals surface area contributed by atoms with Crippen molar-refractivity contribution in [2.75, 3.05) is 20.2 Å². The van der Waals surface area contributed by atoms with Crippen molar-refractivity contribution in [3.05, 3.63) is 52.7 Å². The molecule has 0 radical (unpaired) electrons. The number of methoxy groups -OCH3 is 1. The summed E-state index contributed by atoms with van der Waals surface area (Å²) in [6.45, 7) is 8.30. The topological polar surface area (TPSA) is 38.2 Å². The van der Waals surface area contributed by atoms with Gasteiger partial charge in [0.15, 0.2) is 5.82 Å². The molecule has 5 heteroatoms. The van der Waals surface area contributed by atoms with Crippen molar-refractivity contribution >= 4 is 0 Å². The molecule has 0 amide bonds. The van der Waals surface area contributed by atoms with Crippen LogP contribution in [0.2, 0.25) is 0 Å². The lowest BCUT2D eigenvalue weighted by Crippen LogP contribution is -2.38. The van der Waals surface area contributed by atoms with Gasteiger partial charge in [-0.15, -0.1) is 0 Å². The summed E-state index contributed by atoms with van der Waals surface area (Å²) in [6.07, 6.45) is 5.21. The third-order valence-electron chi connectivity index (χ3n) is 5.27. The SMILES string of the molecule is COc1ncc(C(C)N2CCC[C@H](Cc3cc(C)nc(C)c3)C2)cc1F. The summed E-state index contributed by atoms with van der Waals surface area (Å²) in [4.78, 5) is 11.0. The normalized spacial score (nSPS) is 19.3. The van der Waals surface area contributed by atoms with Crippen LogP contribution >= 0.6 is 0 Å². The summed E-state index contributed by atoms with van der Waals surface area (Å²) >= 11 is 0. The minimum absolute atomic E-state index is 0.0564. The fourth-order valence-electron chi connectivity index (χ4n) is 4.02. The molecule has 4 nitrogen and oxygen atoms in total. The first-order valence-electron chi connectivity index (χ1n) is 9.34. The molecule has 0 N–H and O–H groups in total. The van der Waals surface area contributed by atoms with Crippen molar-refractivity contribution in [2.24, 2.45) is 5.92 Å². The van der Waals surface area contributed by atoms with Crippen molar-refractivity contribution in [2.45, 2.75) is 46.1 Å². The third kappa shape index (κ3) is 4.39. The molecule has 0 aliphatic carbocycles. The maximum Gasteiger partial charge on any atom is 0.250 e. The van der Waals surface area contributed by atoms with E-state index in [1.54, 1.807) is 12.3 Å². The van der Waals surface area contributed by atoms with Crippen LogP contribution in [-0.4, -0.2) is 35.1 Å². The van der Waals surface area contributed by atoms with Crippen LogP contribution < -0.4 is 4.74 Å². The van der Waals surface area contributed by atoms with Gasteiger partial charge in [-0.2, -0.15) is 0 Å². The molecule has 1 saturated heterocycles. The molecular formula is C21H28FN3O. The molecule has 2 aromatic heterocycles. The number of aryl methyl sites for hydroxylation is 2. The van der Waals surface area contributed by atoms with Crippen LogP contribution in [-0.2, 0) is 6.42 Å². The molecule has 26 heavy (non-hydrogen) atoms. The van der Waals surface area contributed by atoms with Gasteiger partial charge in [-0.25, -0.2) is 9.37 Å². The average Bonchev–Trinajstić information content (AvgIpc) is 2.60. The monoisotopic (exact) mass is 357 g/mol. The Morgan fingerprint density at radius 3 is 2.65 bits per heavy atom. The molecule has 0 spiro atoms. The smallest absolute Gasteiger partial charge is 0.250 e. The van der Waals surface area contributed by atoms with Crippen LogP contribution in [0, 0.1) is 25.6 Å². The highest BCUT2D eigenvalue weighted by Gasteiger charge is 2.25. The highest BCUT2D eigenvalue weighted by atomic mass is 19.1. The number of ether oxygens (including phenoxy) is 1. The van der Waals surface area contributed by atoms with Gasteiger partial charge in [0.05, 0.1) is 7.11 Å². The van der Waals surface area contributed by atoms with E-state index < -0.39 is 5.82 Å². The van der Waals surface area contributed by atoms with Gasteiger partial charge in [0.25, 0.3) is 0 Å². The number of aromatic nitrogens is 2. The van der Waals surface area contributed by atoms with Gasteiger partial charge in [-0.3, -0.25) is 9.88 Å². The average molecular weight is 357 g/mol. The zero-order valence-electron chi connectivity index (χ0n) is 16.1. The van der Waals surface area contributed by atoms with Gasteiger partial charge in [0.2, 0.25) is 5.88 Å². The number of halogens is 1. The fraction of sp³-hybridized carbons (Fsp3) is 0.524. The van der Waals surface area contributed by atoms with E-state index in [1.165, 1.54) is 25.5 Å². The Bertz CT molecular complexity index is 745. The lowest BCUT2D eigenvalue weighted by Gasteiger charge is -2.37. The van der Waals surface area contributed by atoms with Gasteiger partial charge in [-0.1, -0.05) is 0 Å². The highest BCUT2D eigenvalue weighted by Crippen LogP contribution is 2.29. The number of hydrogen-bond acceptors (Lipinski definition) is 4. The van der Waals surface area contributed by atoms with Gasteiger partial charge in [0, 0.05) is 30.2 Å². The lowest BCUT2D eigenvalue weighted by atomic mass is 9.90. The molecule has 2 aromatic rings. The predicted octanol–water partition coefficient (Wildman–Crippen LogP) is 4.26. The van der Waals surface area contributed by atoms with Crippen LogP contribution in [0.25, 0.3) is 0 Å². The Kier molecular flexibility index (Phi) is 5.87. The van der Waals surface area contributed by atoms with Gasteiger partial charge in [-0.05, 0) is 81.8 Å². The standard InChI is InChI=1S/C21H28FN3O/c1-14-8-18(9-15(2)24-14)10-17-6-5-7-25(13-17)16(3)19-11-20(22)21(26-4)23-12-19/h8-9,11-12,16-17H,5-7,10,13H2,1-4H3/t16?,17-/m1/s1. The van der Waals surface area contributed by atoms with Crippen LogP contribution in [0.15, 0.2) is 24.4 Å². The first-order valence-corrected chi connectivity index (χ1v) is 9.34. The maximum atomic E-state index is 14.0. The summed E-state index contributed by atoms with van der Waals surface area (Å²) < 4.78 is 18.9. The summed E-state index contributed by atoms with van der Waals surface area (Å²) in [6, 6.07) is 6.08. The minimum atomic E-state index is -0.395. The highest BCUT2D eigenvalue weighted by molar-refractivity contribution is 5.23. The second-order valence-corrected chi connectivity index (χ2v) is 7.40. The number of likely N-dealkylation sites (tertiary alicyclic amines) is 1. The second-order valence-electron chi connectivity index (χ2n) is 7.40. The molecule has 0 aromatic carbocycles. The Balaban J connectivity index is 1.68. The van der Waals surface area contributed by atoms with Crippen molar-refractivity contribution in [1.29, 1.82) is 0 Å². The summed E-state index contributed by atoms with van der Waals surface area (Å²) in [5.41, 5.74) is 4.44. The second kappa shape index (κ2) is 8.12. The van der Waals surface area contributed by atoms with E-state index in [4.69, 9.17) is 4.74 Å². The molecule has 0 bridgehead atoms. The fourth-order valence-corrected chi connectivity index (χ4v) is 4.02. The Hall–Kier alpha value is -2.01. The Morgan fingerprint density at radius 1 is 1.27 bits per heavy atom. The summed E-state index contributed by atoms with van der Waals surface area (Å²) in [7, 11) is 1.44. The van der Waals surface area contributed by atoms with Gasteiger partial charge in [0.1, 0.15) is 0 Å². The molecule has 1 aliphatic rings. The van der Waals surface area contributed by atoms with E-state index in [0.29, 0.717) is 5.92 Å². The van der Waals surface area contributed by atoms with Crippen LogP contribution in [0.5, 0.6) is 5.88 Å². The molecule has 1 unspecified atom stereocenters. The summed E-state index contributed by atoms with van der Waals surface area (Å²) in [5.74, 6) is 0.275. The van der Waals surface area contributed by atoms with Crippen LogP contribution in [0.3, 0.4) is 0 Å². The minimum Gasteiger partial charge on any atom is -0.479 e. The van der Waals surface area contributed by atoms with E-state index in [9.17, 15) is 4.39 Å². The molecule has 3 heterocycles. The molecule has 140 valence electrons. The van der Waals surface area contributed by atoms with E-state index in [0.717, 1.165) is 36.5 Å². The van der Waals surface area contributed by atoms with Crippen molar-refractivity contribution in [1.82, 2.24) is 14.9 Å². The van der Waals surface area contributed by atoms with E-state index in [-0.39, 0.29) is 11.9 Å². The number of piperidine rings is 1. The lowest BCUT2D eigenvalue weighted by molar-refractivity contribution is 0.131. The molecular weight excluding hydrogens is 329 g/mol. The number of hydrogen-bond donors (Lipinski definition) is 0. The predicted molar refractivity (Wildman–Crippen MR) is 101 cm³/mol. The number of rotatable bonds is 5. The van der Waals surface area contributed by atoms with Gasteiger partial charge < -0.3 is 4.74 Å². The zero-order valence-corrected chi connectivity index (χ0v) is 16.1. The molecule has 1 fully saturated rings. The Labute approximate surface area is 155 Å². The molecule has 0 saturated carbocycles. The van der Waals surface area contributed by atoms with Crippen molar-refractivity contribution < 1.29 is 9.13 Å².